The number of aliphatic imine (C=N–C) groups is 1. The van der Waals surface area contributed by atoms with Crippen LogP contribution in [0.2, 0.25) is 0 Å². The molecule has 2 aliphatic heterocycles. The molecule has 10 nitrogen and oxygen atoms in total. The minimum atomic E-state index is -1.46. The largest absolute Gasteiger partial charge is 0.474 e. The SMILES string of the molecule is CC(C)Nc1ccc(-c2nn3c(c2C(=O)N[C@H]2N=C(c4ccccc4)c4cccc(F)c4NC2=O)OC(C)CC3)c(F)n1. The fourth-order valence-corrected chi connectivity index (χ4v) is 5.07. The van der Waals surface area contributed by atoms with Gasteiger partial charge in [0.25, 0.3) is 11.8 Å². The Morgan fingerprint density at radius 1 is 1.07 bits per heavy atom. The molecule has 1 unspecified atom stereocenters. The first kappa shape index (κ1) is 28.0. The average molecular weight is 586 g/mol. The highest BCUT2D eigenvalue weighted by molar-refractivity contribution is 6.20. The zero-order valence-corrected chi connectivity index (χ0v) is 23.7. The maximum absolute atomic E-state index is 15.4. The van der Waals surface area contributed by atoms with Gasteiger partial charge in [0.15, 0.2) is 0 Å². The van der Waals surface area contributed by atoms with Gasteiger partial charge in [0.2, 0.25) is 18.0 Å². The molecule has 6 rings (SSSR count). The molecule has 2 aromatic heterocycles. The average Bonchev–Trinajstić information content (AvgIpc) is 3.27. The maximum atomic E-state index is 15.4. The lowest BCUT2D eigenvalue weighted by Crippen LogP contribution is -2.42. The third-order valence-electron chi connectivity index (χ3n) is 7.07. The highest BCUT2D eigenvalue weighted by atomic mass is 19.1. The van der Waals surface area contributed by atoms with Crippen LogP contribution in [0.3, 0.4) is 0 Å². The summed E-state index contributed by atoms with van der Waals surface area (Å²) in [7, 11) is 0. The van der Waals surface area contributed by atoms with Crippen LogP contribution in [0, 0.1) is 11.8 Å². The fraction of sp³-hybridized carbons (Fsp3) is 0.258. The Morgan fingerprint density at radius 2 is 1.86 bits per heavy atom. The molecule has 4 heterocycles. The van der Waals surface area contributed by atoms with Gasteiger partial charge >= 0.3 is 0 Å². The lowest BCUT2D eigenvalue weighted by molar-refractivity contribution is -0.117. The van der Waals surface area contributed by atoms with Crippen LogP contribution in [-0.2, 0) is 11.3 Å². The number of hydrogen-bond acceptors (Lipinski definition) is 7. The van der Waals surface area contributed by atoms with E-state index in [0.717, 1.165) is 0 Å². The van der Waals surface area contributed by atoms with Crippen LogP contribution in [0.25, 0.3) is 11.3 Å². The van der Waals surface area contributed by atoms with Crippen molar-refractivity contribution in [1.82, 2.24) is 20.1 Å². The summed E-state index contributed by atoms with van der Waals surface area (Å²) < 4.78 is 37.8. The van der Waals surface area contributed by atoms with Crippen molar-refractivity contribution >= 4 is 29.0 Å². The van der Waals surface area contributed by atoms with Gasteiger partial charge in [-0.2, -0.15) is 9.49 Å². The van der Waals surface area contributed by atoms with E-state index >= 15 is 4.39 Å². The van der Waals surface area contributed by atoms with Crippen LogP contribution in [0.1, 0.15) is 48.7 Å². The van der Waals surface area contributed by atoms with Crippen LogP contribution >= 0.6 is 0 Å². The standard InChI is InChI=1S/C31H29F2N7O3/c1-16(2)34-22-13-12-20(27(33)35-22)26-23(31-40(39-26)15-14-17(3)43-31)29(41)38-28-30(42)37-25-19(10-7-11-21(25)32)24(36-28)18-8-5-4-6-9-18/h4-13,16-17,28H,14-15H2,1-3H3,(H,34,35)(H,37,42)(H,38,41)/t17?,28-/m1/s1. The number of halogens is 2. The highest BCUT2D eigenvalue weighted by Gasteiger charge is 2.35. The van der Waals surface area contributed by atoms with E-state index in [0.29, 0.717) is 35.6 Å². The molecule has 2 amide bonds. The highest BCUT2D eigenvalue weighted by Crippen LogP contribution is 2.35. The number of ether oxygens (including phenoxy) is 1. The van der Waals surface area contributed by atoms with Crippen molar-refractivity contribution in [2.75, 3.05) is 10.6 Å². The Hall–Kier alpha value is -5.13. The Kier molecular flexibility index (Phi) is 7.34. The van der Waals surface area contributed by atoms with Gasteiger partial charge in [-0.05, 0) is 39.0 Å². The van der Waals surface area contributed by atoms with E-state index in [-0.39, 0.29) is 40.5 Å². The van der Waals surface area contributed by atoms with Crippen molar-refractivity contribution in [3.8, 4) is 17.1 Å². The van der Waals surface area contributed by atoms with Gasteiger partial charge in [-0.25, -0.2) is 19.0 Å². The summed E-state index contributed by atoms with van der Waals surface area (Å²) in [5.41, 5.74) is 1.19. The number of amides is 2. The fourth-order valence-electron chi connectivity index (χ4n) is 5.07. The van der Waals surface area contributed by atoms with Crippen molar-refractivity contribution in [3.05, 3.63) is 89.1 Å². The summed E-state index contributed by atoms with van der Waals surface area (Å²) in [6, 6.07) is 16.5. The van der Waals surface area contributed by atoms with Crippen LogP contribution in [0.4, 0.5) is 20.3 Å². The first-order valence-corrected chi connectivity index (χ1v) is 13.9. The van der Waals surface area contributed by atoms with E-state index in [1.54, 1.807) is 36.4 Å². The molecule has 0 aliphatic carbocycles. The molecule has 4 aromatic rings. The summed E-state index contributed by atoms with van der Waals surface area (Å²) in [5.74, 6) is -2.51. The predicted octanol–water partition coefficient (Wildman–Crippen LogP) is 4.76. The molecular formula is C31H29F2N7O3. The molecule has 0 spiro atoms. The number of carbonyl (C=O) groups is 2. The number of hydrogen-bond donors (Lipinski definition) is 3. The van der Waals surface area contributed by atoms with Gasteiger partial charge in [-0.1, -0.05) is 42.5 Å². The van der Waals surface area contributed by atoms with Gasteiger partial charge in [0, 0.05) is 30.1 Å². The molecule has 2 aliphatic rings. The first-order chi connectivity index (χ1) is 20.7. The number of rotatable bonds is 6. The molecule has 0 saturated heterocycles. The Balaban J connectivity index is 1.42. The third-order valence-corrected chi connectivity index (χ3v) is 7.07. The minimum absolute atomic E-state index is 0.00845. The number of benzodiazepines with no additional fused rings is 1. The van der Waals surface area contributed by atoms with Crippen LogP contribution in [-0.4, -0.2) is 50.6 Å². The molecule has 0 bridgehead atoms. The Labute approximate surface area is 246 Å². The first-order valence-electron chi connectivity index (χ1n) is 13.9. The smallest absolute Gasteiger partial charge is 0.269 e. The van der Waals surface area contributed by atoms with Gasteiger partial charge in [0.05, 0.1) is 23.1 Å². The number of para-hydroxylation sites is 1. The molecule has 0 saturated carbocycles. The summed E-state index contributed by atoms with van der Waals surface area (Å²) in [4.78, 5) is 35.9. The van der Waals surface area contributed by atoms with Crippen molar-refractivity contribution in [1.29, 1.82) is 0 Å². The quantitative estimate of drug-likeness (QED) is 0.281. The second-order valence-electron chi connectivity index (χ2n) is 10.7. The molecule has 3 N–H and O–H groups in total. The molecule has 220 valence electrons. The molecule has 43 heavy (non-hydrogen) atoms. The Bertz CT molecular complexity index is 1750. The lowest BCUT2D eigenvalue weighted by Gasteiger charge is -2.22. The van der Waals surface area contributed by atoms with E-state index in [9.17, 15) is 14.0 Å². The van der Waals surface area contributed by atoms with Crippen LogP contribution in [0.5, 0.6) is 5.88 Å². The van der Waals surface area contributed by atoms with Crippen molar-refractivity contribution in [3.63, 3.8) is 0 Å². The number of nitrogens with one attached hydrogen (secondary N) is 3. The zero-order chi connectivity index (χ0) is 30.2. The Morgan fingerprint density at radius 3 is 2.60 bits per heavy atom. The number of anilines is 2. The number of benzene rings is 2. The molecule has 0 fully saturated rings. The van der Waals surface area contributed by atoms with Gasteiger partial charge in [0.1, 0.15) is 22.9 Å². The zero-order valence-electron chi connectivity index (χ0n) is 23.7. The third kappa shape index (κ3) is 5.43. The summed E-state index contributed by atoms with van der Waals surface area (Å²) in [6.07, 6.45) is -1.06. The minimum Gasteiger partial charge on any atom is -0.474 e. The van der Waals surface area contributed by atoms with E-state index < -0.39 is 29.7 Å². The summed E-state index contributed by atoms with van der Waals surface area (Å²) in [5, 5.41) is 12.8. The number of aryl methyl sites for hydroxylation is 1. The summed E-state index contributed by atoms with van der Waals surface area (Å²) >= 11 is 0. The second kappa shape index (κ2) is 11.3. The molecule has 12 heteroatoms. The molecule has 2 aromatic carbocycles. The van der Waals surface area contributed by atoms with Crippen LogP contribution < -0.4 is 20.7 Å². The number of fused-ring (bicyclic) bond motifs is 2. The van der Waals surface area contributed by atoms with Crippen LogP contribution in [0.15, 0.2) is 65.7 Å². The monoisotopic (exact) mass is 585 g/mol. The van der Waals surface area contributed by atoms with Gasteiger partial charge < -0.3 is 20.7 Å². The maximum Gasteiger partial charge on any atom is 0.269 e. The molecule has 0 radical (unpaired) electrons. The predicted molar refractivity (Wildman–Crippen MR) is 157 cm³/mol. The van der Waals surface area contributed by atoms with E-state index in [2.05, 4.69) is 31.0 Å². The number of carbonyl (C=O) groups excluding carboxylic acids is 2. The topological polar surface area (TPSA) is 123 Å². The van der Waals surface area contributed by atoms with Gasteiger partial charge in [-0.3, -0.25) is 9.59 Å². The van der Waals surface area contributed by atoms with E-state index in [4.69, 9.17) is 4.74 Å². The van der Waals surface area contributed by atoms with E-state index in [1.165, 1.54) is 22.9 Å². The second-order valence-corrected chi connectivity index (χ2v) is 10.7. The number of aromatic nitrogens is 3. The van der Waals surface area contributed by atoms with Gasteiger partial charge in [-0.15, -0.1) is 0 Å². The van der Waals surface area contributed by atoms with Crippen molar-refractivity contribution in [2.45, 2.75) is 52.0 Å². The number of nitrogens with zero attached hydrogens (tertiary/aromatic N) is 4. The summed E-state index contributed by atoms with van der Waals surface area (Å²) in [6.45, 7) is 6.10. The van der Waals surface area contributed by atoms with Crippen molar-refractivity contribution in [2.24, 2.45) is 4.99 Å². The van der Waals surface area contributed by atoms with E-state index in [1.807, 2.05) is 26.8 Å². The normalized spacial score (nSPS) is 17.6. The van der Waals surface area contributed by atoms with Crippen molar-refractivity contribution < 1.29 is 23.1 Å². The number of pyridine rings is 1. The molecule has 2 atom stereocenters. The molecular weight excluding hydrogens is 556 g/mol. The lowest BCUT2D eigenvalue weighted by atomic mass is 10.0.